The van der Waals surface area contributed by atoms with Crippen molar-refractivity contribution in [3.05, 3.63) is 28.4 Å². The molecule has 3 N–H and O–H groups in total. The number of hydrogen-bond acceptors (Lipinski definition) is 4. The first kappa shape index (κ1) is 13.4. The van der Waals surface area contributed by atoms with Crippen LogP contribution in [0.5, 0.6) is 0 Å². The number of esters is 1. The largest absolute Gasteiger partial charge is 0.464 e. The van der Waals surface area contributed by atoms with Crippen molar-refractivity contribution in [1.29, 1.82) is 0 Å². The lowest BCUT2D eigenvalue weighted by atomic mass is 10.1. The highest BCUT2D eigenvalue weighted by atomic mass is 35.5. The van der Waals surface area contributed by atoms with Gasteiger partial charge in [0.15, 0.2) is 5.78 Å². The smallest absolute Gasteiger partial charge is 0.356 e. The number of rotatable bonds is 3. The molecule has 0 spiro atoms. The van der Waals surface area contributed by atoms with E-state index in [4.69, 9.17) is 17.3 Å². The molecule has 0 saturated heterocycles. The molecule has 0 atom stereocenters. The van der Waals surface area contributed by atoms with Gasteiger partial charge in [-0.3, -0.25) is 4.79 Å². The molecule has 0 aliphatic rings. The van der Waals surface area contributed by atoms with E-state index in [2.05, 4.69) is 9.72 Å². The third-order valence-corrected chi connectivity index (χ3v) is 3.28. The van der Waals surface area contributed by atoms with Crippen molar-refractivity contribution in [3.8, 4) is 0 Å². The second-order valence-corrected chi connectivity index (χ2v) is 4.45. The maximum absolute atomic E-state index is 11.7. The molecular formula is C13H13ClN2O3. The van der Waals surface area contributed by atoms with E-state index in [0.717, 1.165) is 0 Å². The first-order valence-electron chi connectivity index (χ1n) is 5.71. The van der Waals surface area contributed by atoms with Crippen molar-refractivity contribution < 1.29 is 14.3 Å². The third kappa shape index (κ3) is 2.17. The van der Waals surface area contributed by atoms with Crippen molar-refractivity contribution in [2.75, 3.05) is 12.8 Å². The molecule has 0 amide bonds. The highest BCUT2D eigenvalue weighted by Crippen LogP contribution is 2.33. The van der Waals surface area contributed by atoms with E-state index in [0.29, 0.717) is 28.6 Å². The number of aromatic amines is 1. The number of ether oxygens (including phenoxy) is 1. The summed E-state index contributed by atoms with van der Waals surface area (Å²) in [4.78, 5) is 26.1. The number of nitrogens with one attached hydrogen (secondary N) is 1. The Bertz CT molecular complexity index is 676. The molecule has 0 radical (unpaired) electrons. The Morgan fingerprint density at radius 2 is 2.11 bits per heavy atom. The number of H-pyrrole nitrogens is 1. The standard InChI is InChI=1S/C13H13ClN2O3/c1-3-9(17)6-4-7(15)10-8(5-6)16-12(11(10)14)13(18)19-2/h4-5,16H,3,15H2,1-2H3. The molecule has 0 fully saturated rings. The number of nitrogens with two attached hydrogens (primary N) is 1. The molecule has 1 aromatic carbocycles. The van der Waals surface area contributed by atoms with E-state index in [-0.39, 0.29) is 16.5 Å². The molecular weight excluding hydrogens is 268 g/mol. The van der Waals surface area contributed by atoms with Crippen LogP contribution in [0.4, 0.5) is 5.69 Å². The molecule has 19 heavy (non-hydrogen) atoms. The molecule has 0 unspecified atom stereocenters. The molecule has 2 aromatic rings. The summed E-state index contributed by atoms with van der Waals surface area (Å²) in [5.74, 6) is -0.608. The lowest BCUT2D eigenvalue weighted by Crippen LogP contribution is -2.01. The number of anilines is 1. The predicted octanol–water partition coefficient (Wildman–Crippen LogP) is 2.78. The van der Waals surface area contributed by atoms with Crippen molar-refractivity contribution in [3.63, 3.8) is 0 Å². The van der Waals surface area contributed by atoms with Crippen LogP contribution in [0, 0.1) is 0 Å². The molecule has 5 nitrogen and oxygen atoms in total. The minimum Gasteiger partial charge on any atom is -0.464 e. The lowest BCUT2D eigenvalue weighted by Gasteiger charge is -2.02. The Balaban J connectivity index is 2.70. The molecule has 6 heteroatoms. The van der Waals surface area contributed by atoms with E-state index in [9.17, 15) is 9.59 Å². The quantitative estimate of drug-likeness (QED) is 0.514. The van der Waals surface area contributed by atoms with E-state index >= 15 is 0 Å². The van der Waals surface area contributed by atoms with Crippen LogP contribution in [0.2, 0.25) is 5.02 Å². The van der Waals surface area contributed by atoms with Gasteiger partial charge < -0.3 is 15.5 Å². The Morgan fingerprint density at radius 3 is 2.68 bits per heavy atom. The summed E-state index contributed by atoms with van der Waals surface area (Å²) >= 11 is 6.10. The van der Waals surface area contributed by atoms with Crippen LogP contribution in [0.15, 0.2) is 12.1 Å². The number of fused-ring (bicyclic) bond motifs is 1. The highest BCUT2D eigenvalue weighted by Gasteiger charge is 2.19. The predicted molar refractivity (Wildman–Crippen MR) is 73.7 cm³/mol. The number of aromatic nitrogens is 1. The first-order chi connectivity index (χ1) is 8.99. The van der Waals surface area contributed by atoms with E-state index in [1.54, 1.807) is 19.1 Å². The fourth-order valence-corrected chi connectivity index (χ4v) is 2.27. The summed E-state index contributed by atoms with van der Waals surface area (Å²) in [7, 11) is 1.26. The number of carbonyl (C=O) groups excluding carboxylic acids is 2. The lowest BCUT2D eigenvalue weighted by molar-refractivity contribution is 0.0595. The number of ketones is 1. The van der Waals surface area contributed by atoms with Crippen LogP contribution in [-0.4, -0.2) is 23.8 Å². The van der Waals surface area contributed by atoms with Crippen LogP contribution in [0.25, 0.3) is 10.9 Å². The van der Waals surface area contributed by atoms with Gasteiger partial charge in [-0.25, -0.2) is 4.79 Å². The summed E-state index contributed by atoms with van der Waals surface area (Å²) in [6.45, 7) is 1.77. The van der Waals surface area contributed by atoms with Gasteiger partial charge in [-0.2, -0.15) is 0 Å². The molecule has 2 rings (SSSR count). The molecule has 1 heterocycles. The number of hydrogen-bond donors (Lipinski definition) is 2. The van der Waals surface area contributed by atoms with Gasteiger partial charge in [-0.1, -0.05) is 18.5 Å². The minimum atomic E-state index is -0.580. The highest BCUT2D eigenvalue weighted by molar-refractivity contribution is 6.39. The van der Waals surface area contributed by atoms with Crippen LogP contribution in [-0.2, 0) is 4.74 Å². The Labute approximate surface area is 114 Å². The van der Waals surface area contributed by atoms with E-state index < -0.39 is 5.97 Å². The molecule has 0 aliphatic heterocycles. The van der Waals surface area contributed by atoms with Crippen LogP contribution in [0.3, 0.4) is 0 Å². The average molecular weight is 281 g/mol. The minimum absolute atomic E-state index is 0.0288. The average Bonchev–Trinajstić information content (AvgIpc) is 2.74. The summed E-state index contributed by atoms with van der Waals surface area (Å²) in [6.07, 6.45) is 0.378. The second kappa shape index (κ2) is 4.93. The SMILES string of the molecule is CCC(=O)c1cc(N)c2c(Cl)c(C(=O)OC)[nH]c2c1. The summed E-state index contributed by atoms with van der Waals surface area (Å²) in [6, 6.07) is 3.20. The van der Waals surface area contributed by atoms with Crippen LogP contribution < -0.4 is 5.73 Å². The third-order valence-electron chi connectivity index (χ3n) is 2.90. The monoisotopic (exact) mass is 280 g/mol. The van der Waals surface area contributed by atoms with E-state index in [1.807, 2.05) is 0 Å². The van der Waals surface area contributed by atoms with Gasteiger partial charge in [0.1, 0.15) is 5.69 Å². The van der Waals surface area contributed by atoms with Gasteiger partial charge in [0, 0.05) is 23.1 Å². The van der Waals surface area contributed by atoms with Crippen molar-refractivity contribution in [2.45, 2.75) is 13.3 Å². The number of benzene rings is 1. The second-order valence-electron chi connectivity index (χ2n) is 4.07. The van der Waals surface area contributed by atoms with Crippen molar-refractivity contribution in [1.82, 2.24) is 4.98 Å². The Morgan fingerprint density at radius 1 is 1.42 bits per heavy atom. The Kier molecular flexibility index (Phi) is 3.48. The van der Waals surface area contributed by atoms with Crippen molar-refractivity contribution >= 4 is 39.9 Å². The number of carbonyl (C=O) groups is 2. The fraction of sp³-hybridized carbons (Fsp3) is 0.231. The maximum Gasteiger partial charge on any atom is 0.356 e. The molecule has 0 aliphatic carbocycles. The van der Waals surface area contributed by atoms with Crippen LogP contribution >= 0.6 is 11.6 Å². The molecule has 1 aromatic heterocycles. The maximum atomic E-state index is 11.7. The molecule has 100 valence electrons. The Hall–Kier alpha value is -2.01. The number of halogens is 1. The van der Waals surface area contributed by atoms with Gasteiger partial charge in [0.2, 0.25) is 0 Å². The molecule has 0 saturated carbocycles. The summed E-state index contributed by atoms with van der Waals surface area (Å²) in [5, 5.41) is 0.726. The molecule has 0 bridgehead atoms. The summed E-state index contributed by atoms with van der Waals surface area (Å²) < 4.78 is 4.62. The normalized spacial score (nSPS) is 10.7. The van der Waals surface area contributed by atoms with Gasteiger partial charge in [0.25, 0.3) is 0 Å². The van der Waals surface area contributed by atoms with Crippen LogP contribution in [0.1, 0.15) is 34.2 Å². The summed E-state index contributed by atoms with van der Waals surface area (Å²) in [5.41, 5.74) is 7.41. The number of nitrogen functional groups attached to an aromatic ring is 1. The van der Waals surface area contributed by atoms with Gasteiger partial charge in [0.05, 0.1) is 17.6 Å². The topological polar surface area (TPSA) is 85.2 Å². The van der Waals surface area contributed by atoms with Gasteiger partial charge in [-0.05, 0) is 12.1 Å². The number of Topliss-reactive ketones (excluding diaryl/α,β-unsaturated/α-hetero) is 1. The van der Waals surface area contributed by atoms with Crippen molar-refractivity contribution in [2.24, 2.45) is 0 Å². The zero-order valence-electron chi connectivity index (χ0n) is 10.5. The van der Waals surface area contributed by atoms with E-state index in [1.165, 1.54) is 7.11 Å². The fourth-order valence-electron chi connectivity index (χ4n) is 1.93. The number of methoxy groups -OCH3 is 1. The van der Waals surface area contributed by atoms with Gasteiger partial charge in [-0.15, -0.1) is 0 Å². The zero-order chi connectivity index (χ0) is 14.2. The zero-order valence-corrected chi connectivity index (χ0v) is 11.3. The first-order valence-corrected chi connectivity index (χ1v) is 6.09. The van der Waals surface area contributed by atoms with Gasteiger partial charge >= 0.3 is 5.97 Å².